The summed E-state index contributed by atoms with van der Waals surface area (Å²) in [5.74, 6) is 2.10. The molecule has 0 saturated carbocycles. The first-order valence-electron chi connectivity index (χ1n) is 10.1. The summed E-state index contributed by atoms with van der Waals surface area (Å²) in [5.41, 5.74) is 2.63. The van der Waals surface area contributed by atoms with E-state index in [0.717, 1.165) is 49.6 Å². The lowest BCUT2D eigenvalue weighted by Crippen LogP contribution is -2.36. The zero-order valence-corrected chi connectivity index (χ0v) is 17.4. The van der Waals surface area contributed by atoms with E-state index in [9.17, 15) is 4.79 Å². The summed E-state index contributed by atoms with van der Waals surface area (Å²) in [6.45, 7) is 3.70. The van der Waals surface area contributed by atoms with E-state index >= 15 is 0 Å². The van der Waals surface area contributed by atoms with Crippen molar-refractivity contribution in [2.75, 3.05) is 57.2 Å². The van der Waals surface area contributed by atoms with E-state index < -0.39 is 0 Å². The molecule has 1 fully saturated rings. The minimum Gasteiger partial charge on any atom is -0.497 e. The molecule has 1 aliphatic heterocycles. The Hall–Kier alpha value is -3.26. The fourth-order valence-electron chi connectivity index (χ4n) is 3.73. The summed E-state index contributed by atoms with van der Waals surface area (Å²) in [6.07, 6.45) is 0.965. The van der Waals surface area contributed by atoms with E-state index in [-0.39, 0.29) is 5.91 Å². The molecule has 1 aliphatic rings. The van der Waals surface area contributed by atoms with Gasteiger partial charge in [0.25, 0.3) is 0 Å². The Balaban J connectivity index is 1.36. The van der Waals surface area contributed by atoms with Gasteiger partial charge < -0.3 is 24.7 Å². The van der Waals surface area contributed by atoms with Gasteiger partial charge in [0, 0.05) is 32.2 Å². The summed E-state index contributed by atoms with van der Waals surface area (Å²) < 4.78 is 10.6. The number of rotatable bonds is 6. The molecule has 1 aromatic heterocycles. The number of hydrogen-bond acceptors (Lipinski definition) is 6. The molecule has 0 unspecified atom stereocenters. The van der Waals surface area contributed by atoms with Gasteiger partial charge >= 0.3 is 0 Å². The predicted octanol–water partition coefficient (Wildman–Crippen LogP) is 2.73. The minimum atomic E-state index is -0.0706. The normalized spacial score (nSPS) is 15.1. The van der Waals surface area contributed by atoms with Crippen molar-refractivity contribution >= 4 is 28.6 Å². The summed E-state index contributed by atoms with van der Waals surface area (Å²) in [6, 6.07) is 13.4. The summed E-state index contributed by atoms with van der Waals surface area (Å²) in [5, 5.41) is 2.95. The van der Waals surface area contributed by atoms with Crippen LogP contribution in [0.3, 0.4) is 0 Å². The molecule has 4 rings (SSSR count). The summed E-state index contributed by atoms with van der Waals surface area (Å²) >= 11 is 0. The number of carbonyl (C=O) groups excluding carboxylic acids is 1. The van der Waals surface area contributed by atoms with Gasteiger partial charge in [-0.2, -0.15) is 0 Å². The number of anilines is 2. The number of carbonyl (C=O) groups is 1. The van der Waals surface area contributed by atoms with Crippen molar-refractivity contribution in [1.82, 2.24) is 14.9 Å². The molecule has 8 nitrogen and oxygen atoms in total. The van der Waals surface area contributed by atoms with Crippen LogP contribution < -0.4 is 19.7 Å². The highest BCUT2D eigenvalue weighted by Crippen LogP contribution is 2.28. The number of fused-ring (bicyclic) bond motifs is 1. The number of benzene rings is 2. The smallest absolute Gasteiger partial charge is 0.238 e. The average molecular weight is 409 g/mol. The third-order valence-corrected chi connectivity index (χ3v) is 5.31. The highest BCUT2D eigenvalue weighted by Gasteiger charge is 2.20. The third kappa shape index (κ3) is 4.49. The van der Waals surface area contributed by atoms with Gasteiger partial charge in [0.1, 0.15) is 11.5 Å². The number of nitrogens with zero attached hydrogens (tertiary/aromatic N) is 3. The maximum absolute atomic E-state index is 12.6. The van der Waals surface area contributed by atoms with Crippen LogP contribution in [0.2, 0.25) is 0 Å². The van der Waals surface area contributed by atoms with Crippen LogP contribution in [0.25, 0.3) is 11.0 Å². The number of aromatic nitrogens is 2. The molecule has 2 aromatic carbocycles. The van der Waals surface area contributed by atoms with E-state index in [1.165, 1.54) is 0 Å². The van der Waals surface area contributed by atoms with Crippen LogP contribution >= 0.6 is 0 Å². The van der Waals surface area contributed by atoms with Gasteiger partial charge in [-0.25, -0.2) is 4.98 Å². The number of aromatic amines is 1. The monoisotopic (exact) mass is 409 g/mol. The molecule has 0 spiro atoms. The first-order valence-corrected chi connectivity index (χ1v) is 10.1. The second-order valence-electron chi connectivity index (χ2n) is 7.31. The molecule has 1 amide bonds. The molecule has 0 atom stereocenters. The highest BCUT2D eigenvalue weighted by atomic mass is 16.5. The number of hydrogen-bond donors (Lipinski definition) is 2. The largest absolute Gasteiger partial charge is 0.497 e. The van der Waals surface area contributed by atoms with Crippen LogP contribution in [0.5, 0.6) is 11.5 Å². The summed E-state index contributed by atoms with van der Waals surface area (Å²) in [4.78, 5) is 25.2. The van der Waals surface area contributed by atoms with Crippen LogP contribution in [0.1, 0.15) is 6.42 Å². The molecule has 8 heteroatoms. The van der Waals surface area contributed by atoms with E-state index in [0.29, 0.717) is 23.7 Å². The molecule has 158 valence electrons. The number of ether oxygens (including phenoxy) is 2. The molecule has 0 radical (unpaired) electrons. The molecule has 0 bridgehead atoms. The molecular weight excluding hydrogens is 382 g/mol. The van der Waals surface area contributed by atoms with E-state index in [1.807, 2.05) is 24.3 Å². The molecule has 2 heterocycles. The maximum Gasteiger partial charge on any atom is 0.238 e. The zero-order chi connectivity index (χ0) is 20.9. The van der Waals surface area contributed by atoms with Crippen molar-refractivity contribution in [2.45, 2.75) is 6.42 Å². The van der Waals surface area contributed by atoms with Crippen molar-refractivity contribution in [2.24, 2.45) is 0 Å². The predicted molar refractivity (Wildman–Crippen MR) is 118 cm³/mol. The highest BCUT2D eigenvalue weighted by molar-refractivity contribution is 5.94. The minimum absolute atomic E-state index is 0.0706. The molecule has 0 aliphatic carbocycles. The van der Waals surface area contributed by atoms with Crippen LogP contribution in [-0.2, 0) is 4.79 Å². The number of para-hydroxylation sites is 2. The van der Waals surface area contributed by atoms with Crippen LogP contribution in [0, 0.1) is 0 Å². The first kappa shape index (κ1) is 20.0. The zero-order valence-electron chi connectivity index (χ0n) is 17.4. The SMILES string of the molecule is COc1ccc(OC)c(NC(=O)CN2CCCN(c3nc4ccccc4[nH]3)CC2)c1. The Labute approximate surface area is 175 Å². The molecule has 30 heavy (non-hydrogen) atoms. The first-order chi connectivity index (χ1) is 14.7. The van der Waals surface area contributed by atoms with Gasteiger partial charge in [0.05, 0.1) is 37.5 Å². The van der Waals surface area contributed by atoms with Crippen molar-refractivity contribution in [3.05, 3.63) is 42.5 Å². The molecule has 2 N–H and O–H groups in total. The number of imidazole rings is 1. The molecule has 1 saturated heterocycles. The lowest BCUT2D eigenvalue weighted by Gasteiger charge is -2.21. The van der Waals surface area contributed by atoms with Gasteiger partial charge in [-0.3, -0.25) is 9.69 Å². The Morgan fingerprint density at radius 3 is 2.77 bits per heavy atom. The van der Waals surface area contributed by atoms with Gasteiger partial charge in [0.15, 0.2) is 0 Å². The number of amides is 1. The van der Waals surface area contributed by atoms with Gasteiger partial charge in [-0.1, -0.05) is 12.1 Å². The van der Waals surface area contributed by atoms with Gasteiger partial charge in [-0.15, -0.1) is 0 Å². The molecular formula is C22H27N5O3. The van der Waals surface area contributed by atoms with Gasteiger partial charge in [0.2, 0.25) is 11.9 Å². The lowest BCUT2D eigenvalue weighted by atomic mass is 10.2. The Morgan fingerprint density at radius 2 is 1.97 bits per heavy atom. The van der Waals surface area contributed by atoms with Crippen LogP contribution in [-0.4, -0.2) is 67.7 Å². The average Bonchev–Trinajstić information content (AvgIpc) is 3.06. The fraction of sp³-hybridized carbons (Fsp3) is 0.364. The number of H-pyrrole nitrogens is 1. The van der Waals surface area contributed by atoms with Crippen molar-refractivity contribution in [1.29, 1.82) is 0 Å². The Kier molecular flexibility index (Phi) is 6.04. The standard InChI is InChI=1S/C22H27N5O3/c1-29-16-8-9-20(30-2)19(14-16)23-21(28)15-26-10-5-11-27(13-12-26)22-24-17-6-3-4-7-18(17)25-22/h3-4,6-9,14H,5,10-13,15H2,1-2H3,(H,23,28)(H,24,25). The Morgan fingerprint density at radius 1 is 1.10 bits per heavy atom. The van der Waals surface area contributed by atoms with Crippen LogP contribution in [0.15, 0.2) is 42.5 Å². The third-order valence-electron chi connectivity index (χ3n) is 5.31. The quantitative estimate of drug-likeness (QED) is 0.651. The van der Waals surface area contributed by atoms with Gasteiger partial charge in [-0.05, 0) is 30.7 Å². The van der Waals surface area contributed by atoms with E-state index in [4.69, 9.17) is 14.5 Å². The van der Waals surface area contributed by atoms with Crippen LogP contribution in [0.4, 0.5) is 11.6 Å². The fourth-order valence-corrected chi connectivity index (χ4v) is 3.73. The number of nitrogens with one attached hydrogen (secondary N) is 2. The second kappa shape index (κ2) is 9.04. The van der Waals surface area contributed by atoms with Crippen molar-refractivity contribution < 1.29 is 14.3 Å². The molecule has 3 aromatic rings. The topological polar surface area (TPSA) is 82.7 Å². The van der Waals surface area contributed by atoms with Crippen molar-refractivity contribution in [3.63, 3.8) is 0 Å². The number of methoxy groups -OCH3 is 2. The lowest BCUT2D eigenvalue weighted by molar-refractivity contribution is -0.117. The van der Waals surface area contributed by atoms with E-state index in [2.05, 4.69) is 20.1 Å². The maximum atomic E-state index is 12.6. The summed E-state index contributed by atoms with van der Waals surface area (Å²) in [7, 11) is 3.18. The van der Waals surface area contributed by atoms with E-state index in [1.54, 1.807) is 32.4 Å². The second-order valence-corrected chi connectivity index (χ2v) is 7.31. The van der Waals surface area contributed by atoms with Crippen molar-refractivity contribution in [3.8, 4) is 11.5 Å². The Bertz CT molecular complexity index is 986.